The predicted octanol–water partition coefficient (Wildman–Crippen LogP) is 4.42. The Balaban J connectivity index is 1.56. The topological polar surface area (TPSA) is 76.1 Å². The van der Waals surface area contributed by atoms with Crippen LogP contribution >= 0.6 is 11.8 Å². The molecule has 0 saturated carbocycles. The van der Waals surface area contributed by atoms with Crippen molar-refractivity contribution in [1.29, 1.82) is 0 Å². The molecule has 2 aromatic rings. The number of nitrogens with zero attached hydrogens (tertiary/aromatic N) is 2. The number of hydrogen-bond acceptors (Lipinski definition) is 6. The average Bonchev–Trinajstić information content (AvgIpc) is 3.35. The maximum atomic E-state index is 12.5. The Morgan fingerprint density at radius 3 is 2.62 bits per heavy atom. The minimum absolute atomic E-state index is 0.0117. The SMILES string of the molecule is CCC(/C=C1\Sc2ccc(OC)cc2N1CC)=C\C1[Se]c2cc(OC)c(C)cc2[N+]12CCC2S(=O)(=O)O. The van der Waals surface area contributed by atoms with E-state index in [9.17, 15) is 13.0 Å². The molecule has 0 aliphatic carbocycles. The van der Waals surface area contributed by atoms with Crippen LogP contribution in [0.15, 0.2) is 58.0 Å². The number of hydrogen-bond donors (Lipinski definition) is 1. The van der Waals surface area contributed by atoms with E-state index in [1.807, 2.05) is 13.0 Å². The summed E-state index contributed by atoms with van der Waals surface area (Å²) in [5.41, 5.74) is 4.31. The molecule has 198 valence electrons. The molecule has 10 heteroatoms. The third kappa shape index (κ3) is 4.41. The summed E-state index contributed by atoms with van der Waals surface area (Å²) in [5, 5.41) is 0.320. The number of thioether (sulfide) groups is 1. The van der Waals surface area contributed by atoms with E-state index < -0.39 is 15.5 Å². The van der Waals surface area contributed by atoms with Gasteiger partial charge >= 0.3 is 231 Å². The molecule has 3 unspecified atom stereocenters. The first-order chi connectivity index (χ1) is 17.7. The number of ether oxygens (including phenoxy) is 2. The second-order valence-electron chi connectivity index (χ2n) is 9.47. The molecule has 1 fully saturated rings. The zero-order chi connectivity index (χ0) is 26.5. The molecule has 2 aromatic carbocycles. The normalized spacial score (nSPS) is 25.8. The molecule has 3 heterocycles. The number of benzene rings is 2. The van der Waals surface area contributed by atoms with Crippen molar-refractivity contribution in [2.75, 3.05) is 32.2 Å². The van der Waals surface area contributed by atoms with Crippen molar-refractivity contribution >= 4 is 52.7 Å². The zero-order valence-electron chi connectivity index (χ0n) is 21.7. The van der Waals surface area contributed by atoms with Crippen LogP contribution in [-0.4, -0.2) is 65.6 Å². The van der Waals surface area contributed by atoms with E-state index in [-0.39, 0.29) is 24.4 Å². The third-order valence-corrected chi connectivity index (χ3v) is 12.8. The third-order valence-electron chi connectivity index (χ3n) is 7.56. The van der Waals surface area contributed by atoms with Gasteiger partial charge in [-0.15, -0.1) is 0 Å². The van der Waals surface area contributed by atoms with Crippen LogP contribution in [0.2, 0.25) is 0 Å². The Hall–Kier alpha value is -1.94. The molecule has 37 heavy (non-hydrogen) atoms. The number of aryl methyl sites for hydroxylation is 1. The molecule has 1 spiro atoms. The summed E-state index contributed by atoms with van der Waals surface area (Å²) in [7, 11) is -0.855. The van der Waals surface area contributed by atoms with Crippen molar-refractivity contribution in [3.63, 3.8) is 0 Å². The first-order valence-electron chi connectivity index (χ1n) is 12.4. The molecule has 0 amide bonds. The summed E-state index contributed by atoms with van der Waals surface area (Å²) in [6.45, 7) is 7.79. The van der Waals surface area contributed by atoms with Gasteiger partial charge in [-0.1, -0.05) is 0 Å². The van der Waals surface area contributed by atoms with E-state index in [0.29, 0.717) is 13.0 Å². The number of fused-ring (bicyclic) bond motifs is 3. The van der Waals surface area contributed by atoms with Gasteiger partial charge in [0.2, 0.25) is 0 Å². The first kappa shape index (κ1) is 26.7. The quantitative estimate of drug-likeness (QED) is 0.284. The van der Waals surface area contributed by atoms with Gasteiger partial charge in [0.05, 0.1) is 0 Å². The Morgan fingerprint density at radius 1 is 1.24 bits per heavy atom. The number of rotatable bonds is 7. The molecule has 7 nitrogen and oxygen atoms in total. The van der Waals surface area contributed by atoms with Gasteiger partial charge in [-0.2, -0.15) is 0 Å². The van der Waals surface area contributed by atoms with Gasteiger partial charge in [0.15, 0.2) is 0 Å². The summed E-state index contributed by atoms with van der Waals surface area (Å²) < 4.78 is 47.7. The van der Waals surface area contributed by atoms with Crippen LogP contribution in [0.5, 0.6) is 11.5 Å². The van der Waals surface area contributed by atoms with Gasteiger partial charge in [-0.25, -0.2) is 0 Å². The van der Waals surface area contributed by atoms with Crippen LogP contribution < -0.4 is 23.3 Å². The molecule has 1 N–H and O–H groups in total. The van der Waals surface area contributed by atoms with E-state index >= 15 is 0 Å². The van der Waals surface area contributed by atoms with Gasteiger partial charge < -0.3 is 0 Å². The van der Waals surface area contributed by atoms with E-state index in [2.05, 4.69) is 55.2 Å². The van der Waals surface area contributed by atoms with Crippen LogP contribution in [0.4, 0.5) is 11.4 Å². The number of methoxy groups -OCH3 is 2. The summed E-state index contributed by atoms with van der Waals surface area (Å²) in [4.78, 5) is 3.47. The molecule has 5 rings (SSSR count). The average molecular weight is 609 g/mol. The van der Waals surface area contributed by atoms with Crippen molar-refractivity contribution in [2.24, 2.45) is 0 Å². The summed E-state index contributed by atoms with van der Waals surface area (Å²) in [6.07, 6.45) is 5.79. The standard InChI is InChI=1S/C27H32N2O5S2Se/c1-6-18(13-25-28(7-2)20-15-19(33-4)8-9-23(20)35-25)14-27-29(11-10-26(29)36(30,31)32)21-12-17(3)22(34-5)16-24(21)37-27/h8-9,12-16,26-27H,6-7,10-11H2,1-5H3/p+1/b18-14+,25-13-. The van der Waals surface area contributed by atoms with E-state index in [1.54, 1.807) is 26.0 Å². The van der Waals surface area contributed by atoms with Crippen molar-refractivity contribution in [3.05, 3.63) is 58.6 Å². The summed E-state index contributed by atoms with van der Waals surface area (Å²) in [6, 6.07) is 10.3. The molecule has 3 aliphatic rings. The van der Waals surface area contributed by atoms with Crippen molar-refractivity contribution in [3.8, 4) is 11.5 Å². The van der Waals surface area contributed by atoms with Crippen LogP contribution in [0.1, 0.15) is 32.3 Å². The Bertz CT molecular complexity index is 1410. The molecule has 0 bridgehead atoms. The second-order valence-corrected chi connectivity index (χ2v) is 14.5. The monoisotopic (exact) mass is 609 g/mol. The van der Waals surface area contributed by atoms with Gasteiger partial charge in [0, 0.05) is 0 Å². The molecule has 0 aromatic heterocycles. The van der Waals surface area contributed by atoms with Crippen LogP contribution in [0.25, 0.3) is 0 Å². The Labute approximate surface area is 230 Å². The Kier molecular flexibility index (Phi) is 7.19. The first-order valence-corrected chi connectivity index (χ1v) is 16.6. The molecular weight excluding hydrogens is 575 g/mol. The van der Waals surface area contributed by atoms with Gasteiger partial charge in [0.1, 0.15) is 0 Å². The number of anilines is 1. The number of quaternary nitrogens is 1. The molecule has 3 aliphatic heterocycles. The fourth-order valence-electron chi connectivity index (χ4n) is 5.54. The van der Waals surface area contributed by atoms with E-state index in [0.717, 1.165) is 50.9 Å². The summed E-state index contributed by atoms with van der Waals surface area (Å²) in [5.74, 6) is 1.65. The molecule has 3 atom stereocenters. The Morgan fingerprint density at radius 2 is 2.03 bits per heavy atom. The van der Waals surface area contributed by atoms with Crippen LogP contribution in [0.3, 0.4) is 0 Å². The zero-order valence-corrected chi connectivity index (χ0v) is 25.1. The summed E-state index contributed by atoms with van der Waals surface area (Å²) >= 11 is 1.73. The fourth-order valence-corrected chi connectivity index (χ4v) is 11.4. The fraction of sp³-hybridized carbons (Fsp3) is 0.407. The van der Waals surface area contributed by atoms with Gasteiger partial charge in [0.25, 0.3) is 0 Å². The number of allylic oxidation sites excluding steroid dienone is 2. The van der Waals surface area contributed by atoms with Crippen LogP contribution in [-0.2, 0) is 10.1 Å². The van der Waals surface area contributed by atoms with Gasteiger partial charge in [-0.05, 0) is 0 Å². The maximum absolute atomic E-state index is 12.5. The second kappa shape index (κ2) is 9.98. The molecule has 1 saturated heterocycles. The van der Waals surface area contributed by atoms with Crippen LogP contribution in [0, 0.1) is 6.92 Å². The van der Waals surface area contributed by atoms with Gasteiger partial charge in [-0.3, -0.25) is 0 Å². The van der Waals surface area contributed by atoms with Crippen molar-refractivity contribution < 1.29 is 22.4 Å². The van der Waals surface area contributed by atoms with Crippen molar-refractivity contribution in [1.82, 2.24) is 4.48 Å². The molecular formula is C27H33N2O5S2Se+. The minimum atomic E-state index is -4.20. The predicted molar refractivity (Wildman–Crippen MR) is 152 cm³/mol. The molecule has 0 radical (unpaired) electrons. The van der Waals surface area contributed by atoms with E-state index in [1.165, 1.54) is 10.5 Å². The van der Waals surface area contributed by atoms with Crippen molar-refractivity contribution in [2.45, 2.75) is 48.8 Å². The van der Waals surface area contributed by atoms with E-state index in [4.69, 9.17) is 9.47 Å².